The Kier molecular flexibility index (Phi) is 2.35. The second kappa shape index (κ2) is 4.25. The van der Waals surface area contributed by atoms with Gasteiger partial charge in [0.1, 0.15) is 0 Å². The van der Waals surface area contributed by atoms with E-state index in [2.05, 4.69) is 35.6 Å². The molecule has 3 heteroatoms. The van der Waals surface area contributed by atoms with Gasteiger partial charge in [0.15, 0.2) is 11.5 Å². The van der Waals surface area contributed by atoms with Gasteiger partial charge in [-0.1, -0.05) is 18.2 Å². The third-order valence-corrected chi connectivity index (χ3v) is 5.01. The van der Waals surface area contributed by atoms with Gasteiger partial charge >= 0.3 is 0 Å². The SMILES string of the molecule is c1cc2c(cc1-c1ccc3c(c1)[C@H]1CC3CCN1)OCO2. The average molecular weight is 279 g/mol. The van der Waals surface area contributed by atoms with Crippen molar-refractivity contribution >= 4 is 0 Å². The van der Waals surface area contributed by atoms with Gasteiger partial charge in [-0.05, 0) is 65.8 Å². The molecule has 1 saturated heterocycles. The Morgan fingerprint density at radius 1 is 0.905 bits per heavy atom. The maximum atomic E-state index is 5.49. The first-order valence-corrected chi connectivity index (χ1v) is 7.66. The van der Waals surface area contributed by atoms with Crippen LogP contribution in [0.15, 0.2) is 36.4 Å². The normalized spacial score (nSPS) is 25.0. The molecule has 3 aliphatic rings. The number of hydrogen-bond acceptors (Lipinski definition) is 3. The molecule has 5 rings (SSSR count). The molecule has 2 atom stereocenters. The first kappa shape index (κ1) is 11.6. The molecule has 0 saturated carbocycles. The van der Waals surface area contributed by atoms with Crippen LogP contribution in [0.1, 0.15) is 35.9 Å². The van der Waals surface area contributed by atoms with E-state index in [0.29, 0.717) is 12.8 Å². The average Bonchev–Trinajstić information content (AvgIpc) is 3.10. The summed E-state index contributed by atoms with van der Waals surface area (Å²) in [5.41, 5.74) is 5.51. The zero-order valence-corrected chi connectivity index (χ0v) is 11.8. The van der Waals surface area contributed by atoms with Crippen LogP contribution in [0.3, 0.4) is 0 Å². The molecule has 3 nitrogen and oxygen atoms in total. The largest absolute Gasteiger partial charge is 0.454 e. The van der Waals surface area contributed by atoms with Gasteiger partial charge in [-0.15, -0.1) is 0 Å². The summed E-state index contributed by atoms with van der Waals surface area (Å²) in [7, 11) is 0. The third kappa shape index (κ3) is 1.70. The third-order valence-electron chi connectivity index (χ3n) is 5.01. The van der Waals surface area contributed by atoms with Crippen molar-refractivity contribution in [2.75, 3.05) is 13.3 Å². The Balaban J connectivity index is 1.59. The van der Waals surface area contributed by atoms with E-state index in [0.717, 1.165) is 24.0 Å². The molecule has 0 aromatic heterocycles. The van der Waals surface area contributed by atoms with Crippen LogP contribution in [0, 0.1) is 0 Å². The molecule has 106 valence electrons. The Labute approximate surface area is 123 Å². The summed E-state index contributed by atoms with van der Waals surface area (Å²) in [6.45, 7) is 1.47. The van der Waals surface area contributed by atoms with Gasteiger partial charge < -0.3 is 14.8 Å². The molecule has 1 aliphatic carbocycles. The Morgan fingerprint density at radius 2 is 1.76 bits per heavy atom. The Hall–Kier alpha value is -2.00. The minimum absolute atomic E-state index is 0.330. The van der Waals surface area contributed by atoms with Crippen LogP contribution in [-0.2, 0) is 0 Å². The molecule has 21 heavy (non-hydrogen) atoms. The summed E-state index contributed by atoms with van der Waals surface area (Å²) in [5, 5.41) is 3.64. The highest BCUT2D eigenvalue weighted by atomic mass is 16.7. The van der Waals surface area contributed by atoms with Crippen molar-refractivity contribution in [3.05, 3.63) is 47.5 Å². The van der Waals surface area contributed by atoms with E-state index >= 15 is 0 Å². The highest BCUT2D eigenvalue weighted by Crippen LogP contribution is 2.46. The molecule has 0 amide bonds. The molecule has 1 fully saturated rings. The minimum Gasteiger partial charge on any atom is -0.454 e. The van der Waals surface area contributed by atoms with E-state index in [1.54, 1.807) is 5.56 Å². The lowest BCUT2D eigenvalue weighted by atomic mass is 9.95. The molecule has 2 aromatic carbocycles. The van der Waals surface area contributed by atoms with Crippen LogP contribution in [0.5, 0.6) is 11.5 Å². The van der Waals surface area contributed by atoms with Gasteiger partial charge in [0.2, 0.25) is 6.79 Å². The standard InChI is InChI=1S/C18H17NO2/c1-3-14-13-5-6-19-16(8-13)15(14)7-11(1)12-2-4-17-18(9-12)21-10-20-17/h1-4,7,9,13,16,19H,5-6,8,10H2/t13?,16-/m1/s1. The lowest BCUT2D eigenvalue weighted by Crippen LogP contribution is -2.25. The fourth-order valence-electron chi connectivity index (χ4n) is 3.94. The minimum atomic E-state index is 0.330. The Bertz CT molecular complexity index is 725. The lowest BCUT2D eigenvalue weighted by molar-refractivity contribution is 0.174. The number of hydrogen-bond donors (Lipinski definition) is 1. The number of fused-ring (bicyclic) bond motifs is 6. The smallest absolute Gasteiger partial charge is 0.231 e. The number of ether oxygens (including phenoxy) is 2. The molecule has 2 aliphatic heterocycles. The zero-order valence-electron chi connectivity index (χ0n) is 11.8. The van der Waals surface area contributed by atoms with Crippen LogP contribution in [0.4, 0.5) is 0 Å². The van der Waals surface area contributed by atoms with E-state index in [1.165, 1.54) is 29.5 Å². The Morgan fingerprint density at radius 3 is 2.76 bits per heavy atom. The molecule has 0 radical (unpaired) electrons. The molecule has 2 bridgehead atoms. The number of piperidine rings is 1. The summed E-state index contributed by atoms with van der Waals surface area (Å²) in [4.78, 5) is 0. The topological polar surface area (TPSA) is 30.5 Å². The number of benzene rings is 2. The highest BCUT2D eigenvalue weighted by Gasteiger charge is 2.33. The lowest BCUT2D eigenvalue weighted by Gasteiger charge is -2.20. The molecular formula is C18H17NO2. The van der Waals surface area contributed by atoms with E-state index in [4.69, 9.17) is 9.47 Å². The fraction of sp³-hybridized carbons (Fsp3) is 0.333. The van der Waals surface area contributed by atoms with E-state index in [-0.39, 0.29) is 0 Å². The van der Waals surface area contributed by atoms with Crippen LogP contribution >= 0.6 is 0 Å². The second-order valence-corrected chi connectivity index (χ2v) is 6.14. The van der Waals surface area contributed by atoms with Crippen molar-refractivity contribution in [3.63, 3.8) is 0 Å². The van der Waals surface area contributed by atoms with E-state index < -0.39 is 0 Å². The van der Waals surface area contributed by atoms with E-state index in [9.17, 15) is 0 Å². The first-order valence-electron chi connectivity index (χ1n) is 7.66. The fourth-order valence-corrected chi connectivity index (χ4v) is 3.94. The van der Waals surface area contributed by atoms with Crippen molar-refractivity contribution in [2.24, 2.45) is 0 Å². The van der Waals surface area contributed by atoms with Gasteiger partial charge in [0, 0.05) is 6.04 Å². The van der Waals surface area contributed by atoms with Crippen molar-refractivity contribution < 1.29 is 9.47 Å². The summed E-state index contributed by atoms with van der Waals surface area (Å²) in [6.07, 6.45) is 2.53. The zero-order chi connectivity index (χ0) is 13.8. The van der Waals surface area contributed by atoms with Crippen molar-refractivity contribution in [2.45, 2.75) is 24.8 Å². The van der Waals surface area contributed by atoms with Gasteiger partial charge in [-0.2, -0.15) is 0 Å². The van der Waals surface area contributed by atoms with Gasteiger partial charge in [-0.3, -0.25) is 0 Å². The number of rotatable bonds is 1. The second-order valence-electron chi connectivity index (χ2n) is 6.14. The molecule has 1 unspecified atom stereocenters. The predicted molar refractivity (Wildman–Crippen MR) is 80.7 cm³/mol. The maximum absolute atomic E-state index is 5.49. The van der Waals surface area contributed by atoms with Crippen LogP contribution in [-0.4, -0.2) is 13.3 Å². The van der Waals surface area contributed by atoms with Crippen LogP contribution < -0.4 is 14.8 Å². The number of nitrogens with one attached hydrogen (secondary N) is 1. The predicted octanol–water partition coefficient (Wildman–Crippen LogP) is 3.60. The van der Waals surface area contributed by atoms with Gasteiger partial charge in [0.05, 0.1) is 0 Å². The molecule has 0 spiro atoms. The van der Waals surface area contributed by atoms with Gasteiger partial charge in [-0.25, -0.2) is 0 Å². The monoisotopic (exact) mass is 279 g/mol. The first-order chi connectivity index (χ1) is 10.4. The summed E-state index contributed by atoms with van der Waals surface area (Å²) < 4.78 is 10.9. The summed E-state index contributed by atoms with van der Waals surface area (Å²) in [6, 6.07) is 13.7. The summed E-state index contributed by atoms with van der Waals surface area (Å²) in [5.74, 6) is 2.46. The van der Waals surface area contributed by atoms with Crippen LogP contribution in [0.2, 0.25) is 0 Å². The van der Waals surface area contributed by atoms with Crippen LogP contribution in [0.25, 0.3) is 11.1 Å². The molecular weight excluding hydrogens is 262 g/mol. The summed E-state index contributed by atoms with van der Waals surface area (Å²) >= 11 is 0. The van der Waals surface area contributed by atoms with E-state index in [1.807, 2.05) is 6.07 Å². The van der Waals surface area contributed by atoms with Gasteiger partial charge in [0.25, 0.3) is 0 Å². The van der Waals surface area contributed by atoms with Crippen molar-refractivity contribution in [1.82, 2.24) is 5.32 Å². The molecule has 1 N–H and O–H groups in total. The van der Waals surface area contributed by atoms with Crippen molar-refractivity contribution in [1.29, 1.82) is 0 Å². The van der Waals surface area contributed by atoms with Crippen molar-refractivity contribution in [3.8, 4) is 22.6 Å². The maximum Gasteiger partial charge on any atom is 0.231 e. The quantitative estimate of drug-likeness (QED) is 0.865. The molecule has 2 aromatic rings. The molecule has 2 heterocycles. The highest BCUT2D eigenvalue weighted by molar-refractivity contribution is 5.69.